The van der Waals surface area contributed by atoms with Gasteiger partial charge in [-0.15, -0.1) is 0 Å². The third-order valence-corrected chi connectivity index (χ3v) is 5.74. The molecule has 0 spiro atoms. The molecule has 0 bridgehead atoms. The second-order valence-electron chi connectivity index (χ2n) is 4.79. The molecule has 1 aromatic rings. The van der Waals surface area contributed by atoms with Crippen molar-refractivity contribution in [2.24, 2.45) is 5.73 Å². The molecule has 0 amide bonds. The highest BCUT2D eigenvalue weighted by molar-refractivity contribution is 9.10. The molecule has 8 heteroatoms. The van der Waals surface area contributed by atoms with E-state index in [1.165, 1.54) is 16.4 Å². The number of piperazine rings is 1. The van der Waals surface area contributed by atoms with E-state index in [4.69, 9.17) is 5.73 Å². The summed E-state index contributed by atoms with van der Waals surface area (Å²) < 4.78 is 41.2. The van der Waals surface area contributed by atoms with Crippen LogP contribution in [0.2, 0.25) is 0 Å². The average Bonchev–Trinajstić information content (AvgIpc) is 2.41. The number of rotatable bonds is 3. The normalized spacial score (nSPS) is 18.4. The van der Waals surface area contributed by atoms with Gasteiger partial charge in [-0.3, -0.25) is 0 Å². The number of likely N-dealkylation sites (N-methyl/N-ethyl adjacent to an activating group) is 1. The van der Waals surface area contributed by atoms with E-state index in [0.717, 1.165) is 0 Å². The number of benzene rings is 1. The van der Waals surface area contributed by atoms with E-state index in [2.05, 4.69) is 15.9 Å². The SMILES string of the molecule is CN1CCN(S(=O)(=O)c2cc(Br)cc(CN)c2F)CC1. The summed E-state index contributed by atoms with van der Waals surface area (Å²) in [6, 6.07) is 2.79. The molecule has 0 radical (unpaired) electrons. The van der Waals surface area contributed by atoms with Gasteiger partial charge < -0.3 is 10.6 Å². The Morgan fingerprint density at radius 3 is 2.45 bits per heavy atom. The number of halogens is 2. The van der Waals surface area contributed by atoms with Gasteiger partial charge in [0.25, 0.3) is 0 Å². The fraction of sp³-hybridized carbons (Fsp3) is 0.500. The van der Waals surface area contributed by atoms with Gasteiger partial charge in [0.2, 0.25) is 10.0 Å². The average molecular weight is 366 g/mol. The van der Waals surface area contributed by atoms with Crippen LogP contribution in [0, 0.1) is 5.82 Å². The van der Waals surface area contributed by atoms with Crippen LogP contribution in [0.1, 0.15) is 5.56 Å². The Hall–Kier alpha value is -0.540. The van der Waals surface area contributed by atoms with Crippen LogP contribution in [0.5, 0.6) is 0 Å². The van der Waals surface area contributed by atoms with Crippen molar-refractivity contribution >= 4 is 26.0 Å². The first-order valence-corrected chi connectivity index (χ1v) is 8.46. The van der Waals surface area contributed by atoms with Crippen LogP contribution in [0.25, 0.3) is 0 Å². The van der Waals surface area contributed by atoms with Crippen LogP contribution < -0.4 is 5.73 Å². The van der Waals surface area contributed by atoms with Gasteiger partial charge >= 0.3 is 0 Å². The summed E-state index contributed by atoms with van der Waals surface area (Å²) >= 11 is 3.20. The van der Waals surface area contributed by atoms with Crippen LogP contribution in [-0.2, 0) is 16.6 Å². The van der Waals surface area contributed by atoms with Gasteiger partial charge in [0.15, 0.2) is 0 Å². The topological polar surface area (TPSA) is 66.6 Å². The van der Waals surface area contributed by atoms with Gasteiger partial charge in [-0.05, 0) is 19.2 Å². The summed E-state index contributed by atoms with van der Waals surface area (Å²) in [5.41, 5.74) is 5.64. The maximum Gasteiger partial charge on any atom is 0.246 e. The lowest BCUT2D eigenvalue weighted by Gasteiger charge is -2.31. The Labute approximate surface area is 126 Å². The van der Waals surface area contributed by atoms with Gasteiger partial charge in [-0.2, -0.15) is 4.31 Å². The van der Waals surface area contributed by atoms with Crippen LogP contribution in [0.4, 0.5) is 4.39 Å². The lowest BCUT2D eigenvalue weighted by atomic mass is 10.2. The summed E-state index contributed by atoms with van der Waals surface area (Å²) in [6.45, 7) is 1.96. The van der Waals surface area contributed by atoms with Crippen molar-refractivity contribution in [1.82, 2.24) is 9.21 Å². The lowest BCUT2D eigenvalue weighted by Crippen LogP contribution is -2.47. The zero-order chi connectivity index (χ0) is 14.9. The van der Waals surface area contributed by atoms with Crippen molar-refractivity contribution in [3.63, 3.8) is 0 Å². The van der Waals surface area contributed by atoms with Gasteiger partial charge in [-0.25, -0.2) is 12.8 Å². The molecule has 1 fully saturated rings. The predicted molar refractivity (Wildman–Crippen MR) is 78.2 cm³/mol. The zero-order valence-corrected chi connectivity index (χ0v) is 13.5. The molecular formula is C12H17BrFN3O2S. The number of sulfonamides is 1. The summed E-state index contributed by atoms with van der Waals surface area (Å²) in [4.78, 5) is 1.73. The third-order valence-electron chi connectivity index (χ3n) is 3.38. The van der Waals surface area contributed by atoms with Crippen LogP contribution in [-0.4, -0.2) is 50.8 Å². The van der Waals surface area contributed by atoms with Gasteiger partial charge in [0.05, 0.1) is 0 Å². The molecular weight excluding hydrogens is 349 g/mol. The minimum atomic E-state index is -3.83. The second-order valence-corrected chi connectivity index (χ2v) is 7.61. The monoisotopic (exact) mass is 365 g/mol. The molecule has 1 aliphatic rings. The second kappa shape index (κ2) is 6.07. The van der Waals surface area contributed by atoms with Crippen molar-refractivity contribution in [1.29, 1.82) is 0 Å². The van der Waals surface area contributed by atoms with E-state index in [0.29, 0.717) is 30.7 Å². The standard InChI is InChI=1S/C12H17BrFN3O2S/c1-16-2-4-17(5-3-16)20(18,19)11-7-10(13)6-9(8-15)12(11)14/h6-7H,2-5,8,15H2,1H3. The largest absolute Gasteiger partial charge is 0.326 e. The number of nitrogens with zero attached hydrogens (tertiary/aromatic N) is 2. The Balaban J connectivity index is 2.42. The Bertz CT molecular complexity index is 601. The highest BCUT2D eigenvalue weighted by atomic mass is 79.9. The smallest absolute Gasteiger partial charge is 0.246 e. The van der Waals surface area contributed by atoms with E-state index >= 15 is 0 Å². The molecule has 20 heavy (non-hydrogen) atoms. The first-order chi connectivity index (χ1) is 9.36. The lowest BCUT2D eigenvalue weighted by molar-refractivity contribution is 0.222. The van der Waals surface area contributed by atoms with Gasteiger partial charge in [0.1, 0.15) is 10.7 Å². The fourth-order valence-corrected chi connectivity index (χ4v) is 4.33. The maximum atomic E-state index is 14.3. The summed E-state index contributed by atoms with van der Waals surface area (Å²) in [5, 5.41) is 0. The molecule has 112 valence electrons. The fourth-order valence-electron chi connectivity index (χ4n) is 2.12. The molecule has 1 saturated heterocycles. The van der Waals surface area contributed by atoms with Crippen LogP contribution in [0.3, 0.4) is 0 Å². The highest BCUT2D eigenvalue weighted by Gasteiger charge is 2.30. The molecule has 2 rings (SSSR count). The molecule has 1 aliphatic heterocycles. The molecule has 0 unspecified atom stereocenters. The molecule has 1 heterocycles. The summed E-state index contributed by atoms with van der Waals surface area (Å²) in [5.74, 6) is -0.755. The number of nitrogens with two attached hydrogens (primary N) is 1. The number of hydrogen-bond donors (Lipinski definition) is 1. The van der Waals surface area contributed by atoms with E-state index in [9.17, 15) is 12.8 Å². The van der Waals surface area contributed by atoms with E-state index in [1.807, 2.05) is 11.9 Å². The van der Waals surface area contributed by atoms with Gasteiger partial charge in [-0.1, -0.05) is 15.9 Å². The Kier molecular flexibility index (Phi) is 4.80. The first-order valence-electron chi connectivity index (χ1n) is 6.23. The number of hydrogen-bond acceptors (Lipinski definition) is 4. The molecule has 2 N–H and O–H groups in total. The Morgan fingerprint density at radius 1 is 1.30 bits per heavy atom. The van der Waals surface area contributed by atoms with Crippen LogP contribution >= 0.6 is 15.9 Å². The highest BCUT2D eigenvalue weighted by Crippen LogP contribution is 2.27. The molecule has 0 atom stereocenters. The molecule has 0 aromatic heterocycles. The van der Waals surface area contributed by atoms with E-state index in [1.54, 1.807) is 0 Å². The van der Waals surface area contributed by atoms with Gasteiger partial charge in [0, 0.05) is 42.8 Å². The molecule has 0 saturated carbocycles. The molecule has 1 aromatic carbocycles. The third kappa shape index (κ3) is 3.04. The molecule has 5 nitrogen and oxygen atoms in total. The predicted octanol–water partition coefficient (Wildman–Crippen LogP) is 0.983. The van der Waals surface area contributed by atoms with Crippen molar-refractivity contribution in [3.8, 4) is 0 Å². The van der Waals surface area contributed by atoms with Crippen molar-refractivity contribution in [3.05, 3.63) is 28.0 Å². The quantitative estimate of drug-likeness (QED) is 0.866. The van der Waals surface area contributed by atoms with E-state index < -0.39 is 15.8 Å². The maximum absolute atomic E-state index is 14.3. The first kappa shape index (κ1) is 15.8. The minimum Gasteiger partial charge on any atom is -0.326 e. The zero-order valence-electron chi connectivity index (χ0n) is 11.1. The summed E-state index contributed by atoms with van der Waals surface area (Å²) in [7, 11) is -1.90. The summed E-state index contributed by atoms with van der Waals surface area (Å²) in [6.07, 6.45) is 0. The van der Waals surface area contributed by atoms with Crippen molar-refractivity contribution in [2.45, 2.75) is 11.4 Å². The van der Waals surface area contributed by atoms with Crippen LogP contribution in [0.15, 0.2) is 21.5 Å². The Morgan fingerprint density at radius 2 is 1.90 bits per heavy atom. The van der Waals surface area contributed by atoms with E-state index in [-0.39, 0.29) is 17.0 Å². The minimum absolute atomic E-state index is 0.0451. The van der Waals surface area contributed by atoms with Crippen molar-refractivity contribution < 1.29 is 12.8 Å². The van der Waals surface area contributed by atoms with Crippen molar-refractivity contribution in [2.75, 3.05) is 33.2 Å². The molecule has 0 aliphatic carbocycles.